The fraction of sp³-hybridized carbons (Fsp3) is 0.333. The lowest BCUT2D eigenvalue weighted by molar-refractivity contribution is -0.120. The molecule has 154 valence electrons. The molecule has 1 aliphatic rings. The molecule has 0 aliphatic carbocycles. The minimum absolute atomic E-state index is 0.0224. The van der Waals surface area contributed by atoms with Gasteiger partial charge >= 0.3 is 0 Å². The van der Waals surface area contributed by atoms with Crippen LogP contribution in [0.4, 0.5) is 11.6 Å². The number of aromatic amines is 1. The summed E-state index contributed by atoms with van der Waals surface area (Å²) in [7, 11) is 0. The molecule has 1 amide bonds. The smallest absolute Gasteiger partial charge is 0.228 e. The fourth-order valence-electron chi connectivity index (χ4n) is 3.93. The summed E-state index contributed by atoms with van der Waals surface area (Å²) in [5, 5.41) is 13.4. The monoisotopic (exact) mass is 438 g/mol. The second kappa shape index (κ2) is 7.81. The van der Waals surface area contributed by atoms with Gasteiger partial charge in [-0.05, 0) is 43.7 Å². The van der Waals surface area contributed by atoms with Crippen LogP contribution in [-0.2, 0) is 4.79 Å². The topological polar surface area (TPSA) is 86.8 Å². The summed E-state index contributed by atoms with van der Waals surface area (Å²) in [5.74, 6) is 1.58. The van der Waals surface area contributed by atoms with Crippen LogP contribution < -0.4 is 10.2 Å². The number of hydrogen-bond acceptors (Lipinski definition) is 7. The van der Waals surface area contributed by atoms with Gasteiger partial charge in [0.15, 0.2) is 5.82 Å². The Labute approximate surface area is 182 Å². The van der Waals surface area contributed by atoms with Crippen LogP contribution >= 0.6 is 22.7 Å². The first-order valence-corrected chi connectivity index (χ1v) is 11.7. The largest absolute Gasteiger partial charge is 0.356 e. The Morgan fingerprint density at radius 3 is 2.87 bits per heavy atom. The normalized spacial score (nSPS) is 15.1. The van der Waals surface area contributed by atoms with E-state index >= 15 is 0 Å². The molecule has 30 heavy (non-hydrogen) atoms. The van der Waals surface area contributed by atoms with Crippen LogP contribution in [-0.4, -0.2) is 39.2 Å². The predicted molar refractivity (Wildman–Crippen MR) is 122 cm³/mol. The van der Waals surface area contributed by atoms with Gasteiger partial charge in [-0.25, -0.2) is 9.97 Å². The van der Waals surface area contributed by atoms with E-state index in [9.17, 15) is 4.79 Å². The molecule has 4 aromatic rings. The van der Waals surface area contributed by atoms with Gasteiger partial charge in [0, 0.05) is 30.0 Å². The minimum Gasteiger partial charge on any atom is -0.356 e. The van der Waals surface area contributed by atoms with Gasteiger partial charge in [-0.1, -0.05) is 6.07 Å². The Morgan fingerprint density at radius 1 is 1.27 bits per heavy atom. The first kappa shape index (κ1) is 19.2. The predicted octanol–water partition coefficient (Wildman–Crippen LogP) is 4.61. The number of nitrogens with one attached hydrogen (secondary N) is 2. The summed E-state index contributed by atoms with van der Waals surface area (Å²) in [6, 6.07) is 5.91. The highest BCUT2D eigenvalue weighted by atomic mass is 32.1. The highest BCUT2D eigenvalue weighted by Gasteiger charge is 2.27. The Morgan fingerprint density at radius 2 is 2.10 bits per heavy atom. The second-order valence-electron chi connectivity index (χ2n) is 7.56. The third-order valence-corrected chi connectivity index (χ3v) is 7.74. The van der Waals surface area contributed by atoms with Crippen LogP contribution in [0.25, 0.3) is 20.8 Å². The fourth-order valence-corrected chi connectivity index (χ4v) is 5.61. The number of aromatic nitrogens is 4. The van der Waals surface area contributed by atoms with Crippen LogP contribution in [0.1, 0.15) is 23.3 Å². The number of aryl methyl sites for hydroxylation is 2. The Hall–Kier alpha value is -2.78. The molecule has 0 bridgehead atoms. The van der Waals surface area contributed by atoms with E-state index in [4.69, 9.17) is 0 Å². The number of amides is 1. The number of H-pyrrole nitrogens is 1. The number of fused-ring (bicyclic) bond motifs is 1. The van der Waals surface area contributed by atoms with Crippen molar-refractivity contribution in [3.05, 3.63) is 40.3 Å². The van der Waals surface area contributed by atoms with Crippen molar-refractivity contribution in [2.24, 2.45) is 5.92 Å². The average Bonchev–Trinajstić information content (AvgIpc) is 3.50. The van der Waals surface area contributed by atoms with E-state index in [-0.39, 0.29) is 11.8 Å². The Balaban J connectivity index is 1.25. The molecule has 0 radical (unpaired) electrons. The maximum absolute atomic E-state index is 12.8. The lowest BCUT2D eigenvalue weighted by Gasteiger charge is -2.32. The number of nitrogens with zero attached hydrogens (tertiary/aromatic N) is 4. The van der Waals surface area contributed by atoms with Gasteiger partial charge in [0.25, 0.3) is 0 Å². The van der Waals surface area contributed by atoms with E-state index in [0.29, 0.717) is 5.82 Å². The zero-order chi connectivity index (χ0) is 20.7. The number of piperidine rings is 1. The Kier molecular flexibility index (Phi) is 5.00. The molecule has 0 aromatic carbocycles. The molecule has 1 aliphatic heterocycles. The standard InChI is InChI=1S/C21H22N6OS2/c1-12-13(2)30-21-18(12)19(22-11-23-21)27-7-5-14(6-8-27)20(28)24-17-10-15(25-26-17)16-4-3-9-29-16/h3-4,9-11,14H,5-8H2,1-2H3,(H2,24,25,26,28). The zero-order valence-corrected chi connectivity index (χ0v) is 18.4. The van der Waals surface area contributed by atoms with Crippen molar-refractivity contribution in [2.75, 3.05) is 23.3 Å². The average molecular weight is 439 g/mol. The highest BCUT2D eigenvalue weighted by Crippen LogP contribution is 2.35. The number of anilines is 2. The molecular weight excluding hydrogens is 416 g/mol. The molecule has 1 saturated heterocycles. The minimum atomic E-state index is -0.0224. The molecule has 0 unspecified atom stereocenters. The lowest BCUT2D eigenvalue weighted by Crippen LogP contribution is -2.38. The van der Waals surface area contributed by atoms with E-state index in [1.165, 1.54) is 10.4 Å². The van der Waals surface area contributed by atoms with Crippen molar-refractivity contribution in [1.29, 1.82) is 0 Å². The summed E-state index contributed by atoms with van der Waals surface area (Å²) in [4.78, 5) is 27.5. The van der Waals surface area contributed by atoms with E-state index in [1.54, 1.807) is 29.0 Å². The molecule has 2 N–H and O–H groups in total. The summed E-state index contributed by atoms with van der Waals surface area (Å²) >= 11 is 3.35. The SMILES string of the molecule is Cc1sc2ncnc(N3CCC(C(=O)Nc4cc(-c5cccs5)[nH]n4)CC3)c2c1C. The molecule has 7 nitrogen and oxygen atoms in total. The lowest BCUT2D eigenvalue weighted by atomic mass is 9.95. The van der Waals surface area contributed by atoms with Crippen molar-refractivity contribution in [2.45, 2.75) is 26.7 Å². The third kappa shape index (κ3) is 3.48. The molecule has 1 fully saturated rings. The number of thiophene rings is 2. The molecular formula is C21H22N6OS2. The van der Waals surface area contributed by atoms with E-state index in [2.05, 4.69) is 44.2 Å². The summed E-state index contributed by atoms with van der Waals surface area (Å²) in [5.41, 5.74) is 2.18. The van der Waals surface area contributed by atoms with Gasteiger partial charge in [-0.2, -0.15) is 5.10 Å². The van der Waals surface area contributed by atoms with Crippen molar-refractivity contribution >= 4 is 50.4 Å². The maximum atomic E-state index is 12.8. The summed E-state index contributed by atoms with van der Waals surface area (Å²) in [6.45, 7) is 5.87. The van der Waals surface area contributed by atoms with Gasteiger partial charge < -0.3 is 10.2 Å². The van der Waals surface area contributed by atoms with Gasteiger partial charge in [0.2, 0.25) is 5.91 Å². The van der Waals surface area contributed by atoms with Crippen LogP contribution in [0, 0.1) is 19.8 Å². The third-order valence-electron chi connectivity index (χ3n) is 5.73. The summed E-state index contributed by atoms with van der Waals surface area (Å²) < 4.78 is 0. The zero-order valence-electron chi connectivity index (χ0n) is 16.8. The van der Waals surface area contributed by atoms with Crippen molar-refractivity contribution in [1.82, 2.24) is 20.2 Å². The van der Waals surface area contributed by atoms with Gasteiger partial charge in [0.05, 0.1) is 16.0 Å². The Bertz CT molecular complexity index is 1190. The molecule has 0 spiro atoms. The van der Waals surface area contributed by atoms with Crippen molar-refractivity contribution in [3.63, 3.8) is 0 Å². The first-order valence-electron chi connectivity index (χ1n) is 9.96. The molecule has 5 heterocycles. The number of carbonyl (C=O) groups excluding carboxylic acids is 1. The van der Waals surface area contributed by atoms with Crippen LogP contribution in [0.5, 0.6) is 0 Å². The van der Waals surface area contributed by atoms with Crippen molar-refractivity contribution < 1.29 is 4.79 Å². The van der Waals surface area contributed by atoms with E-state index in [1.807, 2.05) is 23.6 Å². The quantitative estimate of drug-likeness (QED) is 0.486. The molecule has 5 rings (SSSR count). The second-order valence-corrected chi connectivity index (χ2v) is 9.71. The maximum Gasteiger partial charge on any atom is 0.228 e. The first-order chi connectivity index (χ1) is 14.6. The van der Waals surface area contributed by atoms with Crippen LogP contribution in [0.3, 0.4) is 0 Å². The number of carbonyl (C=O) groups is 1. The number of hydrogen-bond donors (Lipinski definition) is 2. The van der Waals surface area contributed by atoms with Crippen LogP contribution in [0.15, 0.2) is 29.9 Å². The molecule has 0 atom stereocenters. The summed E-state index contributed by atoms with van der Waals surface area (Å²) in [6.07, 6.45) is 3.23. The van der Waals surface area contributed by atoms with Gasteiger partial charge in [-0.3, -0.25) is 9.89 Å². The van der Waals surface area contributed by atoms with Crippen molar-refractivity contribution in [3.8, 4) is 10.6 Å². The molecule has 0 saturated carbocycles. The van der Waals surface area contributed by atoms with Crippen LogP contribution in [0.2, 0.25) is 0 Å². The van der Waals surface area contributed by atoms with Gasteiger partial charge in [0.1, 0.15) is 17.0 Å². The van der Waals surface area contributed by atoms with E-state index in [0.717, 1.165) is 52.5 Å². The van der Waals surface area contributed by atoms with Gasteiger partial charge in [-0.15, -0.1) is 22.7 Å². The number of rotatable bonds is 4. The molecule has 9 heteroatoms. The molecule has 4 aromatic heterocycles. The van der Waals surface area contributed by atoms with E-state index < -0.39 is 0 Å². The highest BCUT2D eigenvalue weighted by molar-refractivity contribution is 7.18.